The summed E-state index contributed by atoms with van der Waals surface area (Å²) in [5, 5.41) is 3.26. The number of hydrogen-bond acceptors (Lipinski definition) is 3. The fourth-order valence-corrected chi connectivity index (χ4v) is 3.78. The molecule has 1 saturated carbocycles. The molecule has 0 spiro atoms. The molecule has 122 valence electrons. The number of imidazole rings is 1. The monoisotopic (exact) mass is 304 g/mol. The van der Waals surface area contributed by atoms with Crippen molar-refractivity contribution in [1.82, 2.24) is 19.8 Å². The first-order valence-electron chi connectivity index (χ1n) is 8.72. The lowest BCUT2D eigenvalue weighted by Gasteiger charge is -2.30. The zero-order valence-electron chi connectivity index (χ0n) is 13.6. The Bertz CT molecular complexity index is 469. The third-order valence-electron chi connectivity index (χ3n) is 5.15. The average molecular weight is 304 g/mol. The van der Waals surface area contributed by atoms with Crippen molar-refractivity contribution in [3.63, 3.8) is 0 Å². The number of rotatable bonds is 7. The molecule has 5 heteroatoms. The van der Waals surface area contributed by atoms with E-state index < -0.39 is 0 Å². The maximum atomic E-state index is 12.2. The standard InChI is InChI=1S/C17H28N4O/c1-2-4-15-10-21(9-14-5-3-6-14)11-16(15)19-17(22)12-20-8-7-18-13-20/h7-8,13-16H,2-6,9-12H2,1H3,(H,19,22)/t15-,16-/m0/s1. The molecule has 5 nitrogen and oxygen atoms in total. The molecule has 0 bridgehead atoms. The second-order valence-electron chi connectivity index (χ2n) is 6.97. The fraction of sp³-hybridized carbons (Fsp3) is 0.765. The highest BCUT2D eigenvalue weighted by Gasteiger charge is 2.34. The summed E-state index contributed by atoms with van der Waals surface area (Å²) < 4.78 is 1.82. The topological polar surface area (TPSA) is 50.2 Å². The van der Waals surface area contributed by atoms with Gasteiger partial charge in [-0.15, -0.1) is 0 Å². The van der Waals surface area contributed by atoms with Crippen LogP contribution in [0.15, 0.2) is 18.7 Å². The van der Waals surface area contributed by atoms with E-state index in [-0.39, 0.29) is 5.91 Å². The van der Waals surface area contributed by atoms with Gasteiger partial charge in [-0.3, -0.25) is 4.79 Å². The van der Waals surface area contributed by atoms with Gasteiger partial charge in [-0.25, -0.2) is 4.98 Å². The molecule has 1 aliphatic heterocycles. The number of aromatic nitrogens is 2. The molecule has 0 aromatic carbocycles. The van der Waals surface area contributed by atoms with Gasteiger partial charge >= 0.3 is 0 Å². The second kappa shape index (κ2) is 7.27. The van der Waals surface area contributed by atoms with Crippen molar-refractivity contribution in [1.29, 1.82) is 0 Å². The minimum absolute atomic E-state index is 0.106. The Balaban J connectivity index is 1.51. The summed E-state index contributed by atoms with van der Waals surface area (Å²) in [7, 11) is 0. The summed E-state index contributed by atoms with van der Waals surface area (Å²) in [5.41, 5.74) is 0. The van der Waals surface area contributed by atoms with E-state index in [9.17, 15) is 4.79 Å². The van der Waals surface area contributed by atoms with Crippen molar-refractivity contribution in [2.24, 2.45) is 11.8 Å². The number of nitrogens with zero attached hydrogens (tertiary/aromatic N) is 3. The van der Waals surface area contributed by atoms with Gasteiger partial charge in [0, 0.05) is 38.1 Å². The second-order valence-corrected chi connectivity index (χ2v) is 6.97. The summed E-state index contributed by atoms with van der Waals surface area (Å²) in [4.78, 5) is 18.8. The van der Waals surface area contributed by atoms with E-state index in [2.05, 4.69) is 22.1 Å². The highest BCUT2D eigenvalue weighted by atomic mass is 16.2. The molecule has 2 atom stereocenters. The molecular weight excluding hydrogens is 276 g/mol. The van der Waals surface area contributed by atoms with Gasteiger partial charge in [0.05, 0.1) is 6.33 Å². The Morgan fingerprint density at radius 2 is 2.23 bits per heavy atom. The molecule has 1 aromatic heterocycles. The first-order valence-corrected chi connectivity index (χ1v) is 8.72. The van der Waals surface area contributed by atoms with Crippen molar-refractivity contribution in [2.45, 2.75) is 51.6 Å². The maximum Gasteiger partial charge on any atom is 0.240 e. The van der Waals surface area contributed by atoms with E-state index >= 15 is 0 Å². The lowest BCUT2D eigenvalue weighted by atomic mass is 9.85. The summed E-state index contributed by atoms with van der Waals surface area (Å²) in [6.45, 7) is 6.02. The molecular formula is C17H28N4O. The molecule has 0 radical (unpaired) electrons. The van der Waals surface area contributed by atoms with Gasteiger partial charge in [0.2, 0.25) is 5.91 Å². The van der Waals surface area contributed by atoms with Crippen molar-refractivity contribution in [3.8, 4) is 0 Å². The lowest BCUT2D eigenvalue weighted by Crippen LogP contribution is -2.42. The highest BCUT2D eigenvalue weighted by molar-refractivity contribution is 5.76. The van der Waals surface area contributed by atoms with Crippen LogP contribution in [0.25, 0.3) is 0 Å². The van der Waals surface area contributed by atoms with Crippen LogP contribution in [0.2, 0.25) is 0 Å². The van der Waals surface area contributed by atoms with Crippen LogP contribution < -0.4 is 5.32 Å². The van der Waals surface area contributed by atoms with Crippen LogP contribution in [0.5, 0.6) is 0 Å². The molecule has 1 saturated heterocycles. The largest absolute Gasteiger partial charge is 0.350 e. The number of nitrogens with one attached hydrogen (secondary N) is 1. The van der Waals surface area contributed by atoms with E-state index in [0.29, 0.717) is 18.5 Å². The molecule has 22 heavy (non-hydrogen) atoms. The molecule has 2 aliphatic rings. The van der Waals surface area contributed by atoms with Crippen molar-refractivity contribution < 1.29 is 4.79 Å². The van der Waals surface area contributed by atoms with Crippen LogP contribution in [-0.4, -0.2) is 46.0 Å². The van der Waals surface area contributed by atoms with Gasteiger partial charge in [-0.05, 0) is 31.1 Å². The van der Waals surface area contributed by atoms with Crippen molar-refractivity contribution >= 4 is 5.91 Å². The number of amides is 1. The zero-order valence-corrected chi connectivity index (χ0v) is 13.6. The third-order valence-corrected chi connectivity index (χ3v) is 5.15. The van der Waals surface area contributed by atoms with Crippen LogP contribution in [0.1, 0.15) is 39.0 Å². The first-order chi connectivity index (χ1) is 10.7. The van der Waals surface area contributed by atoms with Gasteiger partial charge in [-0.1, -0.05) is 19.8 Å². The summed E-state index contributed by atoms with van der Waals surface area (Å²) >= 11 is 0. The van der Waals surface area contributed by atoms with Crippen LogP contribution >= 0.6 is 0 Å². The van der Waals surface area contributed by atoms with Gasteiger partial charge in [0.1, 0.15) is 6.54 Å². The van der Waals surface area contributed by atoms with E-state index in [1.54, 1.807) is 12.5 Å². The molecule has 1 amide bonds. The SMILES string of the molecule is CCC[C@H]1CN(CC2CCC2)C[C@@H]1NC(=O)Cn1ccnc1. The molecule has 2 fully saturated rings. The summed E-state index contributed by atoms with van der Waals surface area (Å²) in [6.07, 6.45) is 11.8. The van der Waals surface area contributed by atoms with Crippen LogP contribution in [0, 0.1) is 11.8 Å². The number of hydrogen-bond donors (Lipinski definition) is 1. The van der Waals surface area contributed by atoms with Crippen LogP contribution in [0.3, 0.4) is 0 Å². The average Bonchev–Trinajstić information content (AvgIpc) is 3.05. The van der Waals surface area contributed by atoms with Gasteiger partial charge < -0.3 is 14.8 Å². The Kier molecular flexibility index (Phi) is 5.13. The fourth-order valence-electron chi connectivity index (χ4n) is 3.78. The number of likely N-dealkylation sites (tertiary alicyclic amines) is 1. The Morgan fingerprint density at radius 3 is 2.86 bits per heavy atom. The summed E-state index contributed by atoms with van der Waals surface area (Å²) in [6, 6.07) is 0.316. The molecule has 1 N–H and O–H groups in total. The highest BCUT2D eigenvalue weighted by Crippen LogP contribution is 2.30. The van der Waals surface area contributed by atoms with Gasteiger partial charge in [0.15, 0.2) is 0 Å². The Hall–Kier alpha value is -1.36. The molecule has 0 unspecified atom stereocenters. The lowest BCUT2D eigenvalue weighted by molar-refractivity contribution is -0.122. The van der Waals surface area contributed by atoms with Crippen molar-refractivity contribution in [2.75, 3.05) is 19.6 Å². The zero-order chi connectivity index (χ0) is 15.4. The Morgan fingerprint density at radius 1 is 1.36 bits per heavy atom. The number of carbonyl (C=O) groups is 1. The smallest absolute Gasteiger partial charge is 0.240 e. The van der Waals surface area contributed by atoms with E-state index in [1.807, 2.05) is 10.8 Å². The predicted molar refractivity (Wildman–Crippen MR) is 86.3 cm³/mol. The van der Waals surface area contributed by atoms with Crippen molar-refractivity contribution in [3.05, 3.63) is 18.7 Å². The number of carbonyl (C=O) groups excluding carboxylic acids is 1. The van der Waals surface area contributed by atoms with E-state index in [0.717, 1.165) is 19.0 Å². The van der Waals surface area contributed by atoms with Gasteiger partial charge in [0.25, 0.3) is 0 Å². The molecule has 2 heterocycles. The van der Waals surface area contributed by atoms with E-state index in [1.165, 1.54) is 38.6 Å². The minimum atomic E-state index is 0.106. The molecule has 1 aliphatic carbocycles. The molecule has 1 aromatic rings. The maximum absolute atomic E-state index is 12.2. The summed E-state index contributed by atoms with van der Waals surface area (Å²) in [5.74, 6) is 1.62. The van der Waals surface area contributed by atoms with Crippen LogP contribution in [0.4, 0.5) is 0 Å². The van der Waals surface area contributed by atoms with Gasteiger partial charge in [-0.2, -0.15) is 0 Å². The minimum Gasteiger partial charge on any atom is -0.350 e. The van der Waals surface area contributed by atoms with Crippen LogP contribution in [-0.2, 0) is 11.3 Å². The Labute approximate surface area is 133 Å². The predicted octanol–water partition coefficient (Wildman–Crippen LogP) is 1.90. The first kappa shape index (κ1) is 15.5. The van der Waals surface area contributed by atoms with E-state index in [4.69, 9.17) is 0 Å². The quantitative estimate of drug-likeness (QED) is 0.837. The normalized spacial score (nSPS) is 26.0. The molecule has 3 rings (SSSR count). The third kappa shape index (κ3) is 3.88.